The maximum atomic E-state index is 12.7. The molecule has 1 N–H and O–H groups in total. The lowest BCUT2D eigenvalue weighted by Crippen LogP contribution is -2.27. The van der Waals surface area contributed by atoms with E-state index in [1.165, 1.54) is 21.9 Å². The van der Waals surface area contributed by atoms with E-state index in [1.807, 2.05) is 31.2 Å². The van der Waals surface area contributed by atoms with E-state index in [0.29, 0.717) is 29.3 Å². The van der Waals surface area contributed by atoms with Gasteiger partial charge in [0.1, 0.15) is 5.75 Å². The summed E-state index contributed by atoms with van der Waals surface area (Å²) in [6, 6.07) is 12.7. The van der Waals surface area contributed by atoms with Crippen LogP contribution in [0.4, 0.5) is 10.8 Å². The molecule has 4 rings (SSSR count). The predicted octanol–water partition coefficient (Wildman–Crippen LogP) is 3.70. The van der Waals surface area contributed by atoms with Gasteiger partial charge in [-0.3, -0.25) is 14.4 Å². The number of thiazole rings is 1. The summed E-state index contributed by atoms with van der Waals surface area (Å²) in [6.07, 6.45) is 1.77. The summed E-state index contributed by atoms with van der Waals surface area (Å²) in [4.78, 5) is 18.3. The van der Waals surface area contributed by atoms with Crippen molar-refractivity contribution in [1.82, 2.24) is 4.98 Å². The Bertz CT molecular complexity index is 1220. The van der Waals surface area contributed by atoms with Crippen LogP contribution in [-0.2, 0) is 16.4 Å². The number of carbonyl (C=O) groups excluding carboxylic acids is 1. The van der Waals surface area contributed by atoms with Gasteiger partial charge in [-0.05, 0) is 61.4 Å². The fourth-order valence-corrected chi connectivity index (χ4v) is 5.28. The summed E-state index contributed by atoms with van der Waals surface area (Å²) in [6.45, 7) is 2.36. The first-order chi connectivity index (χ1) is 14.3. The third kappa shape index (κ3) is 3.90. The molecular weight excluding hydrogens is 422 g/mol. The number of sulfonamides is 1. The summed E-state index contributed by atoms with van der Waals surface area (Å²) >= 11 is 1.41. The van der Waals surface area contributed by atoms with Crippen LogP contribution in [0.1, 0.15) is 20.8 Å². The Kier molecular flexibility index (Phi) is 5.25. The smallest absolute Gasteiger partial charge is 0.257 e. The zero-order valence-corrected chi connectivity index (χ0v) is 18.4. The number of anilines is 2. The van der Waals surface area contributed by atoms with Gasteiger partial charge in [0, 0.05) is 22.5 Å². The summed E-state index contributed by atoms with van der Waals surface area (Å²) in [7, 11) is -1.69. The van der Waals surface area contributed by atoms with Crippen molar-refractivity contribution >= 4 is 38.1 Å². The molecule has 2 aromatic carbocycles. The molecule has 0 spiro atoms. The van der Waals surface area contributed by atoms with Gasteiger partial charge < -0.3 is 4.74 Å². The predicted molar refractivity (Wildman–Crippen MR) is 119 cm³/mol. The highest BCUT2D eigenvalue weighted by Gasteiger charge is 2.27. The number of carbonyl (C=O) groups is 1. The van der Waals surface area contributed by atoms with E-state index in [-0.39, 0.29) is 5.91 Å². The Hall–Kier alpha value is -2.91. The van der Waals surface area contributed by atoms with E-state index < -0.39 is 10.0 Å². The van der Waals surface area contributed by atoms with Gasteiger partial charge in [0.15, 0.2) is 5.13 Å². The molecule has 0 atom stereocenters. The fraction of sp³-hybridized carbons (Fsp3) is 0.238. The van der Waals surface area contributed by atoms with Crippen molar-refractivity contribution in [2.75, 3.05) is 29.5 Å². The van der Waals surface area contributed by atoms with Gasteiger partial charge in [0.2, 0.25) is 10.0 Å². The van der Waals surface area contributed by atoms with Crippen LogP contribution in [0.25, 0.3) is 11.3 Å². The molecule has 2 heterocycles. The monoisotopic (exact) mass is 443 g/mol. The number of ether oxygens (including phenoxy) is 1. The third-order valence-electron chi connectivity index (χ3n) is 4.98. The summed E-state index contributed by atoms with van der Waals surface area (Å²) in [5, 5.41) is 3.37. The van der Waals surface area contributed by atoms with Crippen molar-refractivity contribution in [1.29, 1.82) is 0 Å². The van der Waals surface area contributed by atoms with E-state index >= 15 is 0 Å². The van der Waals surface area contributed by atoms with Gasteiger partial charge in [-0.2, -0.15) is 0 Å². The molecule has 3 aromatic rings. The minimum absolute atomic E-state index is 0.273. The van der Waals surface area contributed by atoms with E-state index in [1.54, 1.807) is 25.3 Å². The van der Waals surface area contributed by atoms with Gasteiger partial charge in [0.05, 0.1) is 24.7 Å². The fourth-order valence-electron chi connectivity index (χ4n) is 3.49. The molecule has 1 aromatic heterocycles. The Balaban J connectivity index is 1.54. The lowest BCUT2D eigenvalue weighted by atomic mass is 10.1. The van der Waals surface area contributed by atoms with Crippen LogP contribution in [0.5, 0.6) is 5.75 Å². The number of nitrogens with one attached hydrogen (secondary N) is 1. The number of nitrogens with zero attached hydrogens (tertiary/aromatic N) is 2. The van der Waals surface area contributed by atoms with Crippen molar-refractivity contribution in [3.8, 4) is 17.0 Å². The first-order valence-electron chi connectivity index (χ1n) is 9.30. The van der Waals surface area contributed by atoms with Crippen LogP contribution >= 0.6 is 11.3 Å². The Morgan fingerprint density at radius 1 is 1.20 bits per heavy atom. The van der Waals surface area contributed by atoms with Crippen molar-refractivity contribution in [3.63, 3.8) is 0 Å². The average molecular weight is 444 g/mol. The Labute approximate surface area is 179 Å². The maximum Gasteiger partial charge on any atom is 0.257 e. The van der Waals surface area contributed by atoms with Crippen molar-refractivity contribution < 1.29 is 17.9 Å². The second kappa shape index (κ2) is 7.73. The molecule has 0 unspecified atom stereocenters. The van der Waals surface area contributed by atoms with Gasteiger partial charge in [-0.1, -0.05) is 0 Å². The molecule has 0 bridgehead atoms. The van der Waals surface area contributed by atoms with Crippen LogP contribution in [0.3, 0.4) is 0 Å². The highest BCUT2D eigenvalue weighted by molar-refractivity contribution is 7.92. The van der Waals surface area contributed by atoms with E-state index in [9.17, 15) is 13.2 Å². The Morgan fingerprint density at radius 2 is 1.93 bits per heavy atom. The molecule has 7 nitrogen and oxygen atoms in total. The number of amides is 1. The van der Waals surface area contributed by atoms with E-state index in [0.717, 1.165) is 27.4 Å². The molecule has 1 amide bonds. The second-order valence-corrected chi connectivity index (χ2v) is 10.1. The van der Waals surface area contributed by atoms with Crippen molar-refractivity contribution in [2.45, 2.75) is 13.3 Å². The number of aromatic nitrogens is 1. The molecule has 0 aliphatic carbocycles. The molecule has 9 heteroatoms. The quantitative estimate of drug-likeness (QED) is 0.650. The summed E-state index contributed by atoms with van der Waals surface area (Å²) in [5.74, 6) is 0.497. The Morgan fingerprint density at radius 3 is 2.60 bits per heavy atom. The first-order valence-corrected chi connectivity index (χ1v) is 12.0. The lowest BCUT2D eigenvalue weighted by molar-refractivity contribution is 0.102. The van der Waals surface area contributed by atoms with Crippen molar-refractivity contribution in [2.24, 2.45) is 0 Å². The molecular formula is C21H21N3O4S2. The highest BCUT2D eigenvalue weighted by Crippen LogP contribution is 2.33. The van der Waals surface area contributed by atoms with Crippen molar-refractivity contribution in [3.05, 3.63) is 58.5 Å². The third-order valence-corrected chi connectivity index (χ3v) is 7.04. The molecule has 30 heavy (non-hydrogen) atoms. The molecule has 156 valence electrons. The first kappa shape index (κ1) is 20.4. The zero-order chi connectivity index (χ0) is 21.5. The number of hydrogen-bond donors (Lipinski definition) is 1. The van der Waals surface area contributed by atoms with Crippen LogP contribution < -0.4 is 14.4 Å². The van der Waals surface area contributed by atoms with Crippen LogP contribution in [0.2, 0.25) is 0 Å². The highest BCUT2D eigenvalue weighted by atomic mass is 32.2. The number of methoxy groups -OCH3 is 1. The van der Waals surface area contributed by atoms with Gasteiger partial charge in [-0.15, -0.1) is 11.3 Å². The number of rotatable bonds is 5. The number of aryl methyl sites for hydroxylation is 1. The molecule has 0 saturated carbocycles. The lowest BCUT2D eigenvalue weighted by Gasteiger charge is -2.16. The topological polar surface area (TPSA) is 88.6 Å². The molecule has 0 saturated heterocycles. The largest absolute Gasteiger partial charge is 0.497 e. The van der Waals surface area contributed by atoms with Crippen LogP contribution in [0, 0.1) is 6.92 Å². The van der Waals surface area contributed by atoms with E-state index in [2.05, 4.69) is 10.3 Å². The summed E-state index contributed by atoms with van der Waals surface area (Å²) < 4.78 is 30.3. The SMILES string of the molecule is COc1ccc(-c2nc(NC(=O)c3ccc4c(c3)CCN4S(C)(=O)=O)sc2C)cc1. The minimum atomic E-state index is -3.31. The number of fused-ring (bicyclic) bond motifs is 1. The number of hydrogen-bond acceptors (Lipinski definition) is 6. The van der Waals surface area contributed by atoms with Gasteiger partial charge >= 0.3 is 0 Å². The van der Waals surface area contributed by atoms with Crippen LogP contribution in [-0.4, -0.2) is 39.2 Å². The average Bonchev–Trinajstić information content (AvgIpc) is 3.30. The molecule has 1 aliphatic heterocycles. The zero-order valence-electron chi connectivity index (χ0n) is 16.8. The molecule has 1 aliphatic rings. The second-order valence-electron chi connectivity index (χ2n) is 7.04. The standard InChI is InChI=1S/C21H21N3O4S2/c1-13-19(14-4-7-17(28-2)8-5-14)22-21(29-13)23-20(25)16-6-9-18-15(12-16)10-11-24(18)30(3,26)27/h4-9,12H,10-11H2,1-3H3,(H,22,23,25). The minimum Gasteiger partial charge on any atom is -0.497 e. The van der Waals surface area contributed by atoms with E-state index in [4.69, 9.17) is 4.74 Å². The number of benzene rings is 2. The molecule has 0 fully saturated rings. The van der Waals surface area contributed by atoms with Crippen LogP contribution in [0.15, 0.2) is 42.5 Å². The summed E-state index contributed by atoms with van der Waals surface area (Å²) in [5.41, 5.74) is 3.73. The van der Waals surface area contributed by atoms with Gasteiger partial charge in [-0.25, -0.2) is 13.4 Å². The normalized spacial score (nSPS) is 13.2. The maximum absolute atomic E-state index is 12.7. The van der Waals surface area contributed by atoms with Gasteiger partial charge in [0.25, 0.3) is 5.91 Å². The molecule has 0 radical (unpaired) electrons.